The van der Waals surface area contributed by atoms with E-state index in [1.54, 1.807) is 18.3 Å². The summed E-state index contributed by atoms with van der Waals surface area (Å²) >= 11 is 5.99. The molecule has 0 saturated heterocycles. The van der Waals surface area contributed by atoms with Crippen LogP contribution in [0.3, 0.4) is 0 Å². The lowest BCUT2D eigenvalue weighted by molar-refractivity contribution is 0.996. The molecule has 1 heterocycles. The van der Waals surface area contributed by atoms with E-state index in [2.05, 4.69) is 0 Å². The fourth-order valence-corrected chi connectivity index (χ4v) is 2.44. The van der Waals surface area contributed by atoms with Crippen molar-refractivity contribution in [1.29, 1.82) is 0 Å². The van der Waals surface area contributed by atoms with Gasteiger partial charge in [0.25, 0.3) is 5.56 Å². The van der Waals surface area contributed by atoms with Crippen molar-refractivity contribution in [1.82, 2.24) is 4.57 Å². The van der Waals surface area contributed by atoms with E-state index in [1.807, 2.05) is 48.5 Å². The predicted molar refractivity (Wildman–Crippen MR) is 86.9 cm³/mol. The normalized spacial score (nSPS) is 10.5. The number of aromatic nitrogens is 1. The van der Waals surface area contributed by atoms with E-state index in [4.69, 9.17) is 17.3 Å². The highest BCUT2D eigenvalue weighted by molar-refractivity contribution is 6.30. The fraction of sp³-hybridized carbons (Fsp3) is 0. The van der Waals surface area contributed by atoms with Crippen molar-refractivity contribution in [2.75, 3.05) is 5.73 Å². The summed E-state index contributed by atoms with van der Waals surface area (Å²) in [6, 6.07) is 18.5. The van der Waals surface area contributed by atoms with Gasteiger partial charge in [-0.25, -0.2) is 0 Å². The van der Waals surface area contributed by atoms with E-state index in [0.717, 1.165) is 11.3 Å². The molecule has 3 aromatic rings. The average molecular weight is 297 g/mol. The summed E-state index contributed by atoms with van der Waals surface area (Å²) in [6.07, 6.45) is 1.73. The Morgan fingerprint density at radius 1 is 0.952 bits per heavy atom. The number of nitrogens with zero attached hydrogens (tertiary/aromatic N) is 1. The smallest absolute Gasteiger partial charge is 0.278 e. The van der Waals surface area contributed by atoms with E-state index in [0.29, 0.717) is 10.6 Å². The molecule has 0 amide bonds. The Morgan fingerprint density at radius 2 is 1.71 bits per heavy atom. The van der Waals surface area contributed by atoms with Gasteiger partial charge in [0.2, 0.25) is 0 Å². The van der Waals surface area contributed by atoms with E-state index >= 15 is 0 Å². The molecule has 0 saturated carbocycles. The van der Waals surface area contributed by atoms with Crippen molar-refractivity contribution >= 4 is 17.3 Å². The predicted octanol–water partition coefficient (Wildman–Crippen LogP) is 3.74. The van der Waals surface area contributed by atoms with Crippen LogP contribution in [0.15, 0.2) is 71.7 Å². The Balaban J connectivity index is 2.16. The van der Waals surface area contributed by atoms with Crippen LogP contribution in [0.2, 0.25) is 5.02 Å². The molecule has 0 fully saturated rings. The molecule has 0 spiro atoms. The van der Waals surface area contributed by atoms with Gasteiger partial charge >= 0.3 is 0 Å². The minimum Gasteiger partial charge on any atom is -0.394 e. The summed E-state index contributed by atoms with van der Waals surface area (Å²) in [6.45, 7) is 0. The first-order chi connectivity index (χ1) is 10.2. The second-order valence-electron chi connectivity index (χ2n) is 4.66. The lowest BCUT2D eigenvalue weighted by Gasteiger charge is -2.10. The van der Waals surface area contributed by atoms with Crippen LogP contribution in [0, 0.1) is 0 Å². The molecule has 0 unspecified atom stereocenters. The molecular weight excluding hydrogens is 284 g/mol. The summed E-state index contributed by atoms with van der Waals surface area (Å²) in [5.74, 6) is 0. The molecule has 3 rings (SSSR count). The Bertz CT molecular complexity index is 841. The number of anilines is 1. The van der Waals surface area contributed by atoms with Gasteiger partial charge < -0.3 is 5.73 Å². The molecule has 2 N–H and O–H groups in total. The van der Waals surface area contributed by atoms with E-state index in [1.165, 1.54) is 4.57 Å². The number of benzene rings is 2. The van der Waals surface area contributed by atoms with Crippen molar-refractivity contribution in [2.45, 2.75) is 0 Å². The molecule has 0 bridgehead atoms. The standard InChI is InChI=1S/C17H13ClN2O/c18-13-6-4-5-12(11-13)15-9-10-20(17(21)16(15)19)14-7-2-1-3-8-14/h1-11H,19H2. The van der Waals surface area contributed by atoms with Crippen molar-refractivity contribution in [3.8, 4) is 16.8 Å². The monoisotopic (exact) mass is 296 g/mol. The first-order valence-corrected chi connectivity index (χ1v) is 6.87. The molecule has 104 valence electrons. The quantitative estimate of drug-likeness (QED) is 0.783. The fourth-order valence-electron chi connectivity index (χ4n) is 2.25. The summed E-state index contributed by atoms with van der Waals surface area (Å²) in [5.41, 5.74) is 8.31. The number of pyridine rings is 1. The molecule has 3 nitrogen and oxygen atoms in total. The lowest BCUT2D eigenvalue weighted by Crippen LogP contribution is -2.21. The van der Waals surface area contributed by atoms with Gasteiger partial charge in [-0.05, 0) is 35.9 Å². The average Bonchev–Trinajstić information content (AvgIpc) is 2.51. The molecule has 4 heteroatoms. The molecule has 0 aliphatic rings. The van der Waals surface area contributed by atoms with Crippen LogP contribution in [0.4, 0.5) is 5.69 Å². The topological polar surface area (TPSA) is 48.0 Å². The van der Waals surface area contributed by atoms with E-state index in [9.17, 15) is 4.79 Å². The Kier molecular flexibility index (Phi) is 3.50. The minimum absolute atomic E-state index is 0.212. The largest absolute Gasteiger partial charge is 0.394 e. The van der Waals surface area contributed by atoms with Crippen molar-refractivity contribution in [3.63, 3.8) is 0 Å². The summed E-state index contributed by atoms with van der Waals surface area (Å²) in [4.78, 5) is 12.5. The van der Waals surface area contributed by atoms with Gasteiger partial charge in [-0.3, -0.25) is 9.36 Å². The summed E-state index contributed by atoms with van der Waals surface area (Å²) in [7, 11) is 0. The van der Waals surface area contributed by atoms with Crippen LogP contribution in [0.25, 0.3) is 16.8 Å². The Hall–Kier alpha value is -2.52. The molecule has 0 aliphatic carbocycles. The molecular formula is C17H13ClN2O. The highest BCUT2D eigenvalue weighted by Crippen LogP contribution is 2.26. The van der Waals surface area contributed by atoms with Crippen LogP contribution >= 0.6 is 11.6 Å². The number of nitrogens with two attached hydrogens (primary N) is 1. The lowest BCUT2D eigenvalue weighted by atomic mass is 10.1. The van der Waals surface area contributed by atoms with Crippen LogP contribution in [-0.4, -0.2) is 4.57 Å². The number of para-hydroxylation sites is 1. The zero-order valence-corrected chi connectivity index (χ0v) is 11.9. The first-order valence-electron chi connectivity index (χ1n) is 6.49. The first kappa shape index (κ1) is 13.5. The minimum atomic E-state index is -0.237. The van der Waals surface area contributed by atoms with Gasteiger partial charge in [-0.15, -0.1) is 0 Å². The second-order valence-corrected chi connectivity index (χ2v) is 5.10. The number of rotatable bonds is 2. The van der Waals surface area contributed by atoms with Crippen LogP contribution in [-0.2, 0) is 0 Å². The maximum absolute atomic E-state index is 12.5. The molecule has 0 atom stereocenters. The zero-order chi connectivity index (χ0) is 14.8. The Morgan fingerprint density at radius 3 is 2.43 bits per heavy atom. The van der Waals surface area contributed by atoms with E-state index in [-0.39, 0.29) is 11.2 Å². The third kappa shape index (κ3) is 2.56. The highest BCUT2D eigenvalue weighted by atomic mass is 35.5. The summed E-state index contributed by atoms with van der Waals surface area (Å²) in [5, 5.41) is 0.610. The second kappa shape index (κ2) is 5.46. The van der Waals surface area contributed by atoms with Crippen molar-refractivity contribution in [2.24, 2.45) is 0 Å². The van der Waals surface area contributed by atoms with Crippen molar-refractivity contribution < 1.29 is 0 Å². The van der Waals surface area contributed by atoms with Gasteiger partial charge in [0.15, 0.2) is 0 Å². The molecule has 0 radical (unpaired) electrons. The number of nitrogen functional groups attached to an aromatic ring is 1. The third-order valence-electron chi connectivity index (χ3n) is 3.30. The third-order valence-corrected chi connectivity index (χ3v) is 3.53. The molecule has 0 aliphatic heterocycles. The van der Waals surface area contributed by atoms with E-state index < -0.39 is 0 Å². The Labute approximate surface area is 127 Å². The molecule has 1 aromatic heterocycles. The SMILES string of the molecule is Nc1c(-c2cccc(Cl)c2)ccn(-c2ccccc2)c1=O. The maximum Gasteiger partial charge on any atom is 0.278 e. The summed E-state index contributed by atoms with van der Waals surface area (Å²) < 4.78 is 1.53. The van der Waals surface area contributed by atoms with Crippen LogP contribution in [0.5, 0.6) is 0 Å². The molecule has 21 heavy (non-hydrogen) atoms. The number of hydrogen-bond acceptors (Lipinski definition) is 2. The van der Waals surface area contributed by atoms with Gasteiger partial charge in [0, 0.05) is 22.5 Å². The van der Waals surface area contributed by atoms with Gasteiger partial charge in [-0.2, -0.15) is 0 Å². The van der Waals surface area contributed by atoms with Gasteiger partial charge in [0.1, 0.15) is 5.69 Å². The van der Waals surface area contributed by atoms with Crippen molar-refractivity contribution in [3.05, 3.63) is 82.2 Å². The zero-order valence-electron chi connectivity index (χ0n) is 11.2. The van der Waals surface area contributed by atoms with Crippen LogP contribution < -0.4 is 11.3 Å². The number of halogens is 1. The highest BCUT2D eigenvalue weighted by Gasteiger charge is 2.10. The number of hydrogen-bond donors (Lipinski definition) is 1. The molecule has 2 aromatic carbocycles. The van der Waals surface area contributed by atoms with Gasteiger partial charge in [0.05, 0.1) is 0 Å². The maximum atomic E-state index is 12.5. The van der Waals surface area contributed by atoms with Gasteiger partial charge in [-0.1, -0.05) is 41.9 Å². The van der Waals surface area contributed by atoms with Crippen LogP contribution in [0.1, 0.15) is 0 Å².